The highest BCUT2D eigenvalue weighted by Crippen LogP contribution is 2.18. The van der Waals surface area contributed by atoms with Crippen LogP contribution in [0.1, 0.15) is 37.8 Å². The molecule has 20 heavy (non-hydrogen) atoms. The number of aryl methyl sites for hydroxylation is 1. The van der Waals surface area contributed by atoms with Gasteiger partial charge in [0.15, 0.2) is 0 Å². The molecule has 0 aliphatic carbocycles. The summed E-state index contributed by atoms with van der Waals surface area (Å²) in [6.45, 7) is 8.69. The molecular formula is C17H29BrN2. The Balaban J connectivity index is 2.53. The van der Waals surface area contributed by atoms with Gasteiger partial charge in [0.25, 0.3) is 0 Å². The van der Waals surface area contributed by atoms with Crippen molar-refractivity contribution in [2.24, 2.45) is 5.92 Å². The largest absolute Gasteiger partial charge is 0.311 e. The van der Waals surface area contributed by atoms with Crippen molar-refractivity contribution in [3.8, 4) is 0 Å². The summed E-state index contributed by atoms with van der Waals surface area (Å²) >= 11 is 3.60. The number of hydrogen-bond acceptors (Lipinski definition) is 2. The van der Waals surface area contributed by atoms with Gasteiger partial charge in [-0.2, -0.15) is 0 Å². The fraction of sp³-hybridized carbons (Fsp3) is 0.647. The summed E-state index contributed by atoms with van der Waals surface area (Å²) in [5, 5.41) is 3.62. The number of rotatable bonds is 8. The molecule has 1 N–H and O–H groups in total. The molecule has 0 saturated heterocycles. The molecule has 1 aromatic rings. The van der Waals surface area contributed by atoms with Crippen molar-refractivity contribution in [2.75, 3.05) is 20.6 Å². The van der Waals surface area contributed by atoms with E-state index in [2.05, 4.69) is 79.2 Å². The number of likely N-dealkylation sites (N-methyl/N-ethyl adjacent to an activating group) is 1. The third-order valence-electron chi connectivity index (χ3n) is 4.18. The molecule has 0 aromatic heterocycles. The highest BCUT2D eigenvalue weighted by Gasteiger charge is 2.19. The maximum Gasteiger partial charge on any atom is 0.0242 e. The van der Waals surface area contributed by atoms with Crippen LogP contribution in [0, 0.1) is 12.8 Å². The first-order valence-corrected chi connectivity index (χ1v) is 8.41. The molecule has 0 bridgehead atoms. The van der Waals surface area contributed by atoms with Crippen LogP contribution >= 0.6 is 15.9 Å². The van der Waals surface area contributed by atoms with Crippen molar-refractivity contribution in [3.05, 3.63) is 33.8 Å². The predicted molar refractivity (Wildman–Crippen MR) is 92.1 cm³/mol. The number of nitrogens with zero attached hydrogens (tertiary/aromatic N) is 1. The Kier molecular flexibility index (Phi) is 7.78. The molecule has 1 unspecified atom stereocenters. The monoisotopic (exact) mass is 340 g/mol. The molecule has 1 aromatic carbocycles. The summed E-state index contributed by atoms with van der Waals surface area (Å²) < 4.78 is 1.20. The van der Waals surface area contributed by atoms with Gasteiger partial charge in [-0.3, -0.25) is 0 Å². The van der Waals surface area contributed by atoms with Crippen LogP contribution in [0.5, 0.6) is 0 Å². The van der Waals surface area contributed by atoms with Crippen molar-refractivity contribution >= 4 is 15.9 Å². The molecule has 0 radical (unpaired) electrons. The first kappa shape index (κ1) is 17.7. The fourth-order valence-electron chi connectivity index (χ4n) is 2.71. The van der Waals surface area contributed by atoms with Crippen molar-refractivity contribution in [2.45, 2.75) is 46.2 Å². The molecule has 3 heteroatoms. The summed E-state index contributed by atoms with van der Waals surface area (Å²) in [5.41, 5.74) is 2.63. The van der Waals surface area contributed by atoms with E-state index in [-0.39, 0.29) is 0 Å². The number of halogens is 1. The van der Waals surface area contributed by atoms with Gasteiger partial charge in [0.05, 0.1) is 0 Å². The van der Waals surface area contributed by atoms with E-state index in [9.17, 15) is 0 Å². The normalized spacial score (nSPS) is 13.2. The lowest BCUT2D eigenvalue weighted by atomic mass is 9.93. The van der Waals surface area contributed by atoms with Gasteiger partial charge in [0.1, 0.15) is 0 Å². The third-order valence-corrected chi connectivity index (χ3v) is 5.03. The molecular weight excluding hydrogens is 312 g/mol. The average molecular weight is 341 g/mol. The van der Waals surface area contributed by atoms with Gasteiger partial charge >= 0.3 is 0 Å². The van der Waals surface area contributed by atoms with E-state index in [0.29, 0.717) is 6.04 Å². The molecule has 0 spiro atoms. The maximum atomic E-state index is 3.62. The smallest absolute Gasteiger partial charge is 0.0242 e. The van der Waals surface area contributed by atoms with Crippen LogP contribution < -0.4 is 5.32 Å². The summed E-state index contributed by atoms with van der Waals surface area (Å²) in [7, 11) is 4.38. The first-order valence-electron chi connectivity index (χ1n) is 7.61. The highest BCUT2D eigenvalue weighted by atomic mass is 79.9. The zero-order chi connectivity index (χ0) is 15.1. The summed E-state index contributed by atoms with van der Waals surface area (Å²) in [4.78, 5) is 2.36. The van der Waals surface area contributed by atoms with Crippen LogP contribution in [0.3, 0.4) is 0 Å². The quantitative estimate of drug-likeness (QED) is 0.762. The minimum absolute atomic E-state index is 0.610. The van der Waals surface area contributed by atoms with Gasteiger partial charge in [0.2, 0.25) is 0 Å². The van der Waals surface area contributed by atoms with Gasteiger partial charge in [-0.25, -0.2) is 0 Å². The van der Waals surface area contributed by atoms with Gasteiger partial charge in [-0.05, 0) is 44.1 Å². The minimum atomic E-state index is 0.610. The molecule has 0 amide bonds. The van der Waals surface area contributed by atoms with Gasteiger partial charge in [-0.1, -0.05) is 54.8 Å². The van der Waals surface area contributed by atoms with Gasteiger partial charge in [0, 0.05) is 23.6 Å². The topological polar surface area (TPSA) is 15.3 Å². The predicted octanol–water partition coefficient (Wildman–Crippen LogP) is 4.21. The second-order valence-corrected chi connectivity index (χ2v) is 6.68. The van der Waals surface area contributed by atoms with Crippen molar-refractivity contribution < 1.29 is 0 Å². The molecule has 0 aliphatic heterocycles. The first-order chi connectivity index (χ1) is 9.49. The number of benzene rings is 1. The summed E-state index contributed by atoms with van der Waals surface area (Å²) in [6, 6.07) is 7.20. The van der Waals surface area contributed by atoms with Crippen LogP contribution in [-0.4, -0.2) is 31.6 Å². The average Bonchev–Trinajstić information content (AvgIpc) is 2.42. The van der Waals surface area contributed by atoms with E-state index in [1.165, 1.54) is 28.4 Å². The second-order valence-electron chi connectivity index (χ2n) is 5.82. The van der Waals surface area contributed by atoms with Crippen molar-refractivity contribution in [1.29, 1.82) is 0 Å². The molecule has 1 rings (SSSR count). The fourth-order valence-corrected chi connectivity index (χ4v) is 3.14. The summed E-state index contributed by atoms with van der Waals surface area (Å²) in [6.07, 6.45) is 2.49. The van der Waals surface area contributed by atoms with Crippen LogP contribution in [0.4, 0.5) is 0 Å². The zero-order valence-electron chi connectivity index (χ0n) is 13.5. The Morgan fingerprint density at radius 1 is 1.20 bits per heavy atom. The van der Waals surface area contributed by atoms with E-state index < -0.39 is 0 Å². The molecule has 2 nitrogen and oxygen atoms in total. The molecule has 0 aliphatic rings. The minimum Gasteiger partial charge on any atom is -0.311 e. The number of hydrogen-bond donors (Lipinski definition) is 1. The van der Waals surface area contributed by atoms with Crippen LogP contribution in [0.15, 0.2) is 22.7 Å². The lowest BCUT2D eigenvalue weighted by Crippen LogP contribution is -2.42. The Hall–Kier alpha value is -0.380. The van der Waals surface area contributed by atoms with Crippen molar-refractivity contribution in [3.63, 3.8) is 0 Å². The number of nitrogens with one attached hydrogen (secondary N) is 1. The van der Waals surface area contributed by atoms with Crippen LogP contribution in [0.25, 0.3) is 0 Å². The zero-order valence-corrected chi connectivity index (χ0v) is 15.1. The van der Waals surface area contributed by atoms with E-state index in [0.717, 1.165) is 19.0 Å². The molecule has 114 valence electrons. The standard InChI is InChI=1S/C17H29BrN2/c1-6-15(7-2)17(20(4)5)12-19-11-14-9-8-13(3)16(18)10-14/h8-10,15,17,19H,6-7,11-12H2,1-5H3. The summed E-state index contributed by atoms with van der Waals surface area (Å²) in [5.74, 6) is 0.766. The SMILES string of the molecule is CCC(CC)C(CNCc1ccc(C)c(Br)c1)N(C)C. The molecule has 1 atom stereocenters. The van der Waals surface area contributed by atoms with E-state index in [4.69, 9.17) is 0 Å². The second kappa shape index (κ2) is 8.81. The Morgan fingerprint density at radius 2 is 1.85 bits per heavy atom. The maximum absolute atomic E-state index is 3.62. The van der Waals surface area contributed by atoms with Gasteiger partial charge in [-0.15, -0.1) is 0 Å². The van der Waals surface area contributed by atoms with Crippen LogP contribution in [-0.2, 0) is 6.54 Å². The molecule has 0 heterocycles. The lowest BCUT2D eigenvalue weighted by molar-refractivity contribution is 0.194. The molecule has 0 fully saturated rings. The Morgan fingerprint density at radius 3 is 2.35 bits per heavy atom. The van der Waals surface area contributed by atoms with E-state index >= 15 is 0 Å². The lowest BCUT2D eigenvalue weighted by Gasteiger charge is -2.31. The Bertz CT molecular complexity index is 400. The van der Waals surface area contributed by atoms with Crippen LogP contribution in [0.2, 0.25) is 0 Å². The molecule has 0 saturated carbocycles. The van der Waals surface area contributed by atoms with Gasteiger partial charge < -0.3 is 10.2 Å². The highest BCUT2D eigenvalue weighted by molar-refractivity contribution is 9.10. The Labute approximate surface area is 133 Å². The van der Waals surface area contributed by atoms with Crippen molar-refractivity contribution in [1.82, 2.24) is 10.2 Å². The third kappa shape index (κ3) is 5.19. The van der Waals surface area contributed by atoms with E-state index in [1.807, 2.05) is 0 Å². The van der Waals surface area contributed by atoms with E-state index in [1.54, 1.807) is 0 Å².